The molecule has 4 heteroatoms. The second kappa shape index (κ2) is 4.73. The fraction of sp³-hybridized carbons (Fsp3) is 0.462. The average molecular weight is 237 g/mol. The normalized spacial score (nSPS) is 19.6. The van der Waals surface area contributed by atoms with E-state index in [2.05, 4.69) is 11.8 Å². The van der Waals surface area contributed by atoms with E-state index in [0.29, 0.717) is 6.04 Å². The van der Waals surface area contributed by atoms with E-state index < -0.39 is 11.8 Å². The fourth-order valence-electron chi connectivity index (χ4n) is 2.46. The van der Waals surface area contributed by atoms with Crippen LogP contribution in [0.25, 0.3) is 0 Å². The second-order valence-electron chi connectivity index (χ2n) is 4.37. The molecule has 1 N–H and O–H groups in total. The van der Waals surface area contributed by atoms with E-state index in [1.807, 2.05) is 0 Å². The number of benzene rings is 1. The van der Waals surface area contributed by atoms with Gasteiger partial charge in [0.05, 0.1) is 5.56 Å². The maximum Gasteiger partial charge on any atom is 0.338 e. The molecule has 1 aromatic carbocycles. The van der Waals surface area contributed by atoms with Crippen LogP contribution in [0.2, 0.25) is 0 Å². The molecule has 1 heterocycles. The van der Waals surface area contributed by atoms with E-state index in [1.54, 1.807) is 6.07 Å². The molecule has 92 valence electrons. The monoisotopic (exact) mass is 237 g/mol. The van der Waals surface area contributed by atoms with Gasteiger partial charge in [0, 0.05) is 18.3 Å². The summed E-state index contributed by atoms with van der Waals surface area (Å²) < 4.78 is 13.6. The van der Waals surface area contributed by atoms with Crippen molar-refractivity contribution in [3.63, 3.8) is 0 Å². The van der Waals surface area contributed by atoms with Gasteiger partial charge in [0.15, 0.2) is 0 Å². The molecule has 0 radical (unpaired) electrons. The lowest BCUT2D eigenvalue weighted by molar-refractivity contribution is 0.0692. The first-order valence-electron chi connectivity index (χ1n) is 5.93. The van der Waals surface area contributed by atoms with Gasteiger partial charge in [-0.2, -0.15) is 0 Å². The summed E-state index contributed by atoms with van der Waals surface area (Å²) in [5.74, 6) is -1.88. The molecular formula is C13H16FNO2. The predicted octanol–water partition coefficient (Wildman–Crippen LogP) is 2.90. The Hall–Kier alpha value is -1.58. The molecule has 0 amide bonds. The van der Waals surface area contributed by atoms with Crippen molar-refractivity contribution in [3.8, 4) is 0 Å². The molecule has 1 atom stereocenters. The van der Waals surface area contributed by atoms with Crippen LogP contribution in [0.15, 0.2) is 18.2 Å². The zero-order chi connectivity index (χ0) is 12.4. The number of rotatable bonds is 3. The number of carbonyl (C=O) groups is 1. The number of carboxylic acids is 1. The highest BCUT2D eigenvalue weighted by Gasteiger charge is 2.24. The highest BCUT2D eigenvalue weighted by molar-refractivity contribution is 5.88. The number of hydrogen-bond acceptors (Lipinski definition) is 2. The smallest absolute Gasteiger partial charge is 0.338 e. The molecule has 0 spiro atoms. The number of aromatic carboxylic acids is 1. The molecular weight excluding hydrogens is 221 g/mol. The van der Waals surface area contributed by atoms with Gasteiger partial charge in [0.1, 0.15) is 5.82 Å². The van der Waals surface area contributed by atoms with Gasteiger partial charge in [-0.05, 0) is 37.5 Å². The van der Waals surface area contributed by atoms with Crippen LogP contribution in [-0.2, 0) is 0 Å². The minimum Gasteiger partial charge on any atom is -0.478 e. The van der Waals surface area contributed by atoms with E-state index in [1.165, 1.54) is 12.1 Å². The first kappa shape index (κ1) is 11.9. The van der Waals surface area contributed by atoms with Gasteiger partial charge in [-0.25, -0.2) is 9.18 Å². The van der Waals surface area contributed by atoms with Crippen molar-refractivity contribution in [1.82, 2.24) is 0 Å². The first-order valence-corrected chi connectivity index (χ1v) is 5.93. The Morgan fingerprint density at radius 3 is 2.94 bits per heavy atom. The van der Waals surface area contributed by atoms with Crippen LogP contribution in [0.1, 0.15) is 36.5 Å². The van der Waals surface area contributed by atoms with Gasteiger partial charge < -0.3 is 10.0 Å². The lowest BCUT2D eigenvalue weighted by atomic mass is 10.1. The number of carboxylic acid groups (broad SMARTS) is 1. The molecule has 1 aromatic rings. The van der Waals surface area contributed by atoms with Crippen LogP contribution < -0.4 is 4.90 Å². The Kier molecular flexibility index (Phi) is 3.31. The maximum atomic E-state index is 13.6. The van der Waals surface area contributed by atoms with Crippen LogP contribution in [0.4, 0.5) is 10.1 Å². The lowest BCUT2D eigenvalue weighted by Crippen LogP contribution is -2.28. The number of hydrogen-bond donors (Lipinski definition) is 1. The van der Waals surface area contributed by atoms with Gasteiger partial charge in [-0.15, -0.1) is 0 Å². The topological polar surface area (TPSA) is 40.5 Å². The van der Waals surface area contributed by atoms with Crippen molar-refractivity contribution >= 4 is 11.7 Å². The molecule has 0 bridgehead atoms. The third-order valence-corrected chi connectivity index (χ3v) is 3.36. The van der Waals surface area contributed by atoms with E-state index in [-0.39, 0.29) is 5.56 Å². The highest BCUT2D eigenvalue weighted by atomic mass is 19.1. The zero-order valence-electron chi connectivity index (χ0n) is 9.82. The summed E-state index contributed by atoms with van der Waals surface area (Å²) in [7, 11) is 0. The minimum atomic E-state index is -1.22. The molecule has 1 aliphatic rings. The first-order chi connectivity index (χ1) is 8.13. The number of halogens is 1. The Bertz CT molecular complexity index is 433. The lowest BCUT2D eigenvalue weighted by Gasteiger charge is -2.26. The molecule has 17 heavy (non-hydrogen) atoms. The Balaban J connectivity index is 2.28. The van der Waals surface area contributed by atoms with Crippen LogP contribution in [0, 0.1) is 5.82 Å². The number of anilines is 1. The van der Waals surface area contributed by atoms with E-state index in [9.17, 15) is 9.18 Å². The Labute approximate surface area is 99.9 Å². The van der Waals surface area contributed by atoms with Crippen molar-refractivity contribution in [2.45, 2.75) is 32.2 Å². The highest BCUT2D eigenvalue weighted by Crippen LogP contribution is 2.28. The van der Waals surface area contributed by atoms with Gasteiger partial charge in [-0.1, -0.05) is 6.92 Å². The third-order valence-electron chi connectivity index (χ3n) is 3.36. The summed E-state index contributed by atoms with van der Waals surface area (Å²) in [6.45, 7) is 3.04. The minimum absolute atomic E-state index is 0.263. The maximum absolute atomic E-state index is 13.6. The average Bonchev–Trinajstić information content (AvgIpc) is 2.76. The van der Waals surface area contributed by atoms with E-state index >= 15 is 0 Å². The summed E-state index contributed by atoms with van der Waals surface area (Å²) in [5.41, 5.74) is 0.526. The SMILES string of the molecule is CCC1CCCN1c1ccc(C(=O)O)c(F)c1. The van der Waals surface area contributed by atoms with Crippen LogP contribution >= 0.6 is 0 Å². The molecule has 0 aliphatic carbocycles. The molecule has 2 rings (SSSR count). The summed E-state index contributed by atoms with van der Waals surface area (Å²) in [4.78, 5) is 12.9. The predicted molar refractivity (Wildman–Crippen MR) is 64.0 cm³/mol. The second-order valence-corrected chi connectivity index (χ2v) is 4.37. The third kappa shape index (κ3) is 2.25. The molecule has 3 nitrogen and oxygen atoms in total. The van der Waals surface area contributed by atoms with Crippen LogP contribution in [0.3, 0.4) is 0 Å². The largest absolute Gasteiger partial charge is 0.478 e. The van der Waals surface area contributed by atoms with Crippen molar-refractivity contribution in [2.24, 2.45) is 0 Å². The summed E-state index contributed by atoms with van der Waals surface area (Å²) in [5, 5.41) is 8.77. The standard InChI is InChI=1S/C13H16FNO2/c1-2-9-4-3-7-15(9)10-5-6-11(13(16)17)12(14)8-10/h5-6,8-9H,2-4,7H2,1H3,(H,16,17). The van der Waals surface area contributed by atoms with E-state index in [4.69, 9.17) is 5.11 Å². The molecule has 0 saturated carbocycles. The Morgan fingerprint density at radius 2 is 2.35 bits per heavy atom. The van der Waals surface area contributed by atoms with Crippen molar-refractivity contribution in [2.75, 3.05) is 11.4 Å². The quantitative estimate of drug-likeness (QED) is 0.878. The zero-order valence-corrected chi connectivity index (χ0v) is 9.82. The van der Waals surface area contributed by atoms with Crippen molar-refractivity contribution in [3.05, 3.63) is 29.6 Å². The number of nitrogens with zero attached hydrogens (tertiary/aromatic N) is 1. The summed E-state index contributed by atoms with van der Waals surface area (Å²) in [6.07, 6.45) is 3.27. The fourth-order valence-corrected chi connectivity index (χ4v) is 2.46. The molecule has 1 saturated heterocycles. The summed E-state index contributed by atoms with van der Waals surface area (Å²) >= 11 is 0. The molecule has 1 unspecified atom stereocenters. The molecule has 0 aromatic heterocycles. The van der Waals surface area contributed by atoms with Gasteiger partial charge in [-0.3, -0.25) is 0 Å². The van der Waals surface area contributed by atoms with Crippen molar-refractivity contribution in [1.29, 1.82) is 0 Å². The van der Waals surface area contributed by atoms with Gasteiger partial charge >= 0.3 is 5.97 Å². The summed E-state index contributed by atoms with van der Waals surface area (Å²) in [6, 6.07) is 4.82. The molecule has 1 fully saturated rings. The van der Waals surface area contributed by atoms with E-state index in [0.717, 1.165) is 31.5 Å². The van der Waals surface area contributed by atoms with Crippen molar-refractivity contribution < 1.29 is 14.3 Å². The van der Waals surface area contributed by atoms with Gasteiger partial charge in [0.2, 0.25) is 0 Å². The van der Waals surface area contributed by atoms with Crippen LogP contribution in [-0.4, -0.2) is 23.7 Å². The molecule has 1 aliphatic heterocycles. The van der Waals surface area contributed by atoms with Crippen LogP contribution in [0.5, 0.6) is 0 Å². The Morgan fingerprint density at radius 1 is 1.59 bits per heavy atom. The van der Waals surface area contributed by atoms with Gasteiger partial charge in [0.25, 0.3) is 0 Å².